The minimum absolute atomic E-state index is 0.347. The average molecular weight is 427 g/mol. The van der Waals surface area contributed by atoms with Crippen molar-refractivity contribution < 1.29 is 9.53 Å². The summed E-state index contributed by atoms with van der Waals surface area (Å²) in [6.07, 6.45) is 3.17. The molecule has 9 nitrogen and oxygen atoms in total. The molecule has 2 aromatic carbocycles. The van der Waals surface area contributed by atoms with E-state index >= 15 is 0 Å². The fourth-order valence-corrected chi connectivity index (χ4v) is 2.84. The molecule has 4 N–H and O–H groups in total. The normalized spacial score (nSPS) is 10.2. The molecule has 2 aromatic heterocycles. The SMILES string of the molecule is COc1cccc(NC(=O)Nc2ccc(Nc3cc(Nc4ccccn4)ncn3)cc2)c1. The van der Waals surface area contributed by atoms with Crippen molar-refractivity contribution in [2.45, 2.75) is 0 Å². The third kappa shape index (κ3) is 5.70. The molecule has 0 unspecified atom stereocenters. The Morgan fingerprint density at radius 1 is 0.719 bits per heavy atom. The van der Waals surface area contributed by atoms with E-state index in [1.54, 1.807) is 49.7 Å². The van der Waals surface area contributed by atoms with E-state index in [1.165, 1.54) is 6.33 Å². The van der Waals surface area contributed by atoms with Crippen LogP contribution in [0.1, 0.15) is 0 Å². The number of nitrogens with one attached hydrogen (secondary N) is 4. The Balaban J connectivity index is 1.34. The topological polar surface area (TPSA) is 113 Å². The fraction of sp³-hybridized carbons (Fsp3) is 0.0435. The first-order valence-electron chi connectivity index (χ1n) is 9.77. The summed E-state index contributed by atoms with van der Waals surface area (Å²) in [6, 6.07) is 21.4. The van der Waals surface area contributed by atoms with Crippen LogP contribution in [0.2, 0.25) is 0 Å². The highest BCUT2D eigenvalue weighted by Gasteiger charge is 2.05. The molecular weight excluding hydrogens is 406 g/mol. The number of urea groups is 1. The molecule has 0 saturated heterocycles. The van der Waals surface area contributed by atoms with Gasteiger partial charge in [0, 0.05) is 35.4 Å². The third-order valence-electron chi connectivity index (χ3n) is 4.33. The van der Waals surface area contributed by atoms with Gasteiger partial charge in [-0.05, 0) is 48.5 Å². The molecule has 4 rings (SSSR count). The number of pyridine rings is 1. The Morgan fingerprint density at radius 2 is 1.47 bits per heavy atom. The van der Waals surface area contributed by atoms with Gasteiger partial charge >= 0.3 is 6.03 Å². The highest BCUT2D eigenvalue weighted by molar-refractivity contribution is 5.99. The van der Waals surface area contributed by atoms with E-state index in [0.29, 0.717) is 34.6 Å². The highest BCUT2D eigenvalue weighted by atomic mass is 16.5. The van der Waals surface area contributed by atoms with Crippen molar-refractivity contribution in [2.75, 3.05) is 28.4 Å². The zero-order chi connectivity index (χ0) is 22.2. The zero-order valence-electron chi connectivity index (χ0n) is 17.2. The minimum atomic E-state index is -0.347. The highest BCUT2D eigenvalue weighted by Crippen LogP contribution is 2.21. The van der Waals surface area contributed by atoms with Crippen LogP contribution in [-0.2, 0) is 0 Å². The number of aromatic nitrogens is 3. The minimum Gasteiger partial charge on any atom is -0.497 e. The maximum absolute atomic E-state index is 12.2. The lowest BCUT2D eigenvalue weighted by Crippen LogP contribution is -2.19. The largest absolute Gasteiger partial charge is 0.497 e. The number of ether oxygens (including phenoxy) is 1. The number of anilines is 6. The molecule has 0 aliphatic heterocycles. The van der Waals surface area contributed by atoms with Crippen molar-refractivity contribution in [3.05, 3.63) is 85.3 Å². The van der Waals surface area contributed by atoms with E-state index in [9.17, 15) is 4.79 Å². The Hall–Kier alpha value is -4.66. The Labute approximate surface area is 184 Å². The second-order valence-corrected chi connectivity index (χ2v) is 6.64. The number of carbonyl (C=O) groups is 1. The molecule has 0 fully saturated rings. The van der Waals surface area contributed by atoms with Gasteiger partial charge in [0.2, 0.25) is 0 Å². The average Bonchev–Trinajstić information content (AvgIpc) is 2.81. The van der Waals surface area contributed by atoms with Gasteiger partial charge in [-0.3, -0.25) is 0 Å². The van der Waals surface area contributed by atoms with Gasteiger partial charge in [0.1, 0.15) is 29.5 Å². The molecule has 2 amide bonds. The standard InChI is InChI=1S/C23H21N7O2/c1-32-19-6-4-5-18(13-19)29-23(31)28-17-10-8-16(9-11-17)27-21-14-22(26-15-25-21)30-20-7-2-3-12-24-20/h2-15H,1H3,(H2,28,29,31)(H2,24,25,26,27,30). The van der Waals surface area contributed by atoms with Crippen molar-refractivity contribution in [3.8, 4) is 5.75 Å². The Kier molecular flexibility index (Phi) is 6.37. The number of methoxy groups -OCH3 is 1. The molecule has 160 valence electrons. The lowest BCUT2D eigenvalue weighted by Gasteiger charge is -2.10. The molecule has 9 heteroatoms. The maximum atomic E-state index is 12.2. The van der Waals surface area contributed by atoms with Crippen LogP contribution in [0.15, 0.2) is 85.3 Å². The van der Waals surface area contributed by atoms with Crippen LogP contribution in [0.5, 0.6) is 5.75 Å². The monoisotopic (exact) mass is 427 g/mol. The number of hydrogen-bond donors (Lipinski definition) is 4. The molecular formula is C23H21N7O2. The maximum Gasteiger partial charge on any atom is 0.323 e. The summed E-state index contributed by atoms with van der Waals surface area (Å²) >= 11 is 0. The summed E-state index contributed by atoms with van der Waals surface area (Å²) < 4.78 is 5.16. The molecule has 0 atom stereocenters. The molecule has 4 aromatic rings. The van der Waals surface area contributed by atoms with Gasteiger partial charge in [0.15, 0.2) is 0 Å². The lowest BCUT2D eigenvalue weighted by molar-refractivity contribution is 0.262. The second kappa shape index (κ2) is 9.90. The van der Waals surface area contributed by atoms with Crippen LogP contribution in [0.3, 0.4) is 0 Å². The molecule has 0 radical (unpaired) electrons. The second-order valence-electron chi connectivity index (χ2n) is 6.64. The fourth-order valence-electron chi connectivity index (χ4n) is 2.84. The summed E-state index contributed by atoms with van der Waals surface area (Å²) in [4.78, 5) is 24.9. The van der Waals surface area contributed by atoms with Crippen LogP contribution in [-0.4, -0.2) is 28.1 Å². The summed E-state index contributed by atoms with van der Waals surface area (Å²) in [6.45, 7) is 0. The predicted octanol–water partition coefficient (Wildman–Crippen LogP) is 5.01. The number of hydrogen-bond acceptors (Lipinski definition) is 7. The number of nitrogens with zero attached hydrogens (tertiary/aromatic N) is 3. The molecule has 0 spiro atoms. The summed E-state index contributed by atoms with van der Waals surface area (Å²) in [5.74, 6) is 2.60. The first-order chi connectivity index (χ1) is 15.7. The number of benzene rings is 2. The van der Waals surface area contributed by atoms with E-state index in [1.807, 2.05) is 36.4 Å². The van der Waals surface area contributed by atoms with Crippen molar-refractivity contribution in [1.82, 2.24) is 15.0 Å². The zero-order valence-corrected chi connectivity index (χ0v) is 17.2. The van der Waals surface area contributed by atoms with Crippen molar-refractivity contribution in [1.29, 1.82) is 0 Å². The van der Waals surface area contributed by atoms with Crippen molar-refractivity contribution in [2.24, 2.45) is 0 Å². The third-order valence-corrected chi connectivity index (χ3v) is 4.33. The van der Waals surface area contributed by atoms with E-state index in [-0.39, 0.29) is 6.03 Å². The van der Waals surface area contributed by atoms with Crippen molar-refractivity contribution >= 4 is 40.5 Å². The molecule has 0 aliphatic rings. The van der Waals surface area contributed by atoms with Crippen LogP contribution in [0.25, 0.3) is 0 Å². The van der Waals surface area contributed by atoms with Gasteiger partial charge in [0.25, 0.3) is 0 Å². The molecule has 0 saturated carbocycles. The van der Waals surface area contributed by atoms with Crippen molar-refractivity contribution in [3.63, 3.8) is 0 Å². The summed E-state index contributed by atoms with van der Waals surface area (Å²) in [5, 5.41) is 11.9. The molecule has 2 heterocycles. The Bertz CT molecular complexity index is 1180. The Morgan fingerprint density at radius 3 is 2.22 bits per heavy atom. The van der Waals surface area contributed by atoms with Gasteiger partial charge in [-0.15, -0.1) is 0 Å². The van der Waals surface area contributed by atoms with Gasteiger partial charge in [-0.2, -0.15) is 0 Å². The summed E-state index contributed by atoms with van der Waals surface area (Å²) in [7, 11) is 1.58. The van der Waals surface area contributed by atoms with Crippen LogP contribution >= 0.6 is 0 Å². The summed E-state index contributed by atoms with van der Waals surface area (Å²) in [5.41, 5.74) is 2.10. The van der Waals surface area contributed by atoms with E-state index in [0.717, 1.165) is 5.69 Å². The van der Waals surface area contributed by atoms with Gasteiger partial charge < -0.3 is 26.0 Å². The van der Waals surface area contributed by atoms with E-state index in [4.69, 9.17) is 4.74 Å². The van der Waals surface area contributed by atoms with Crippen LogP contribution < -0.4 is 26.0 Å². The first kappa shape index (κ1) is 20.6. The number of rotatable bonds is 7. The lowest BCUT2D eigenvalue weighted by atomic mass is 10.2. The van der Waals surface area contributed by atoms with E-state index in [2.05, 4.69) is 36.2 Å². The van der Waals surface area contributed by atoms with Gasteiger partial charge in [-0.25, -0.2) is 19.7 Å². The van der Waals surface area contributed by atoms with E-state index < -0.39 is 0 Å². The number of carbonyl (C=O) groups excluding carboxylic acids is 1. The quantitative estimate of drug-likeness (QED) is 0.328. The van der Waals surface area contributed by atoms with Gasteiger partial charge in [0.05, 0.1) is 7.11 Å². The first-order valence-corrected chi connectivity index (χ1v) is 9.77. The molecule has 0 aliphatic carbocycles. The van der Waals surface area contributed by atoms with Crippen LogP contribution in [0, 0.1) is 0 Å². The number of amides is 2. The molecule has 0 bridgehead atoms. The predicted molar refractivity (Wildman–Crippen MR) is 125 cm³/mol. The molecule has 32 heavy (non-hydrogen) atoms. The van der Waals surface area contributed by atoms with Gasteiger partial charge in [-0.1, -0.05) is 12.1 Å². The van der Waals surface area contributed by atoms with Crippen LogP contribution in [0.4, 0.5) is 39.3 Å². The smallest absolute Gasteiger partial charge is 0.323 e.